The molecule has 0 aromatic heterocycles. The molecule has 0 aliphatic carbocycles. The number of carboxylic acids is 1. The molecule has 0 heterocycles. The van der Waals surface area contributed by atoms with Gasteiger partial charge in [-0.15, -0.1) is 0 Å². The normalized spacial score (nSPS) is 13.1. The first-order chi connectivity index (χ1) is 4.13. The third kappa shape index (κ3) is 7.39. The minimum atomic E-state index is -0.871. The molecule has 0 aromatic rings. The third-order valence-electron chi connectivity index (χ3n) is 0.891. The van der Waals surface area contributed by atoms with Crippen molar-refractivity contribution in [3.05, 3.63) is 0 Å². The zero-order valence-electron chi connectivity index (χ0n) is 5.08. The van der Waals surface area contributed by atoms with Crippen molar-refractivity contribution in [2.24, 2.45) is 5.73 Å². The lowest BCUT2D eigenvalue weighted by atomic mass is 10.2. The van der Waals surface area contributed by atoms with E-state index in [9.17, 15) is 4.79 Å². The molecule has 0 fully saturated rings. The van der Waals surface area contributed by atoms with Crippen LogP contribution in [0.3, 0.4) is 0 Å². The number of rotatable bonds is 4. The number of hydrogen-bond donors (Lipinski definition) is 3. The fraction of sp³-hybridized carbons (Fsp3) is 0.800. The van der Waals surface area contributed by atoms with E-state index in [1.807, 2.05) is 0 Å². The van der Waals surface area contributed by atoms with Crippen LogP contribution < -0.4 is 5.73 Å². The molecule has 0 amide bonds. The van der Waals surface area contributed by atoms with E-state index in [0.29, 0.717) is 12.8 Å². The SMILES string of the molecule is NC(O)CCCC(=O)O. The first-order valence-corrected chi connectivity index (χ1v) is 2.78. The summed E-state index contributed by atoms with van der Waals surface area (Å²) < 4.78 is 0. The molecule has 0 spiro atoms. The maximum Gasteiger partial charge on any atom is 0.303 e. The van der Waals surface area contributed by atoms with Crippen LogP contribution in [0, 0.1) is 0 Å². The number of nitrogens with two attached hydrogens (primary N) is 1. The van der Waals surface area contributed by atoms with E-state index in [1.54, 1.807) is 0 Å². The van der Waals surface area contributed by atoms with E-state index in [2.05, 4.69) is 0 Å². The molecule has 0 aliphatic heterocycles. The average Bonchev–Trinajstić information content (AvgIpc) is 1.63. The van der Waals surface area contributed by atoms with Gasteiger partial charge < -0.3 is 15.9 Å². The zero-order chi connectivity index (χ0) is 7.28. The van der Waals surface area contributed by atoms with Gasteiger partial charge in [0.25, 0.3) is 0 Å². The van der Waals surface area contributed by atoms with Gasteiger partial charge in [0.2, 0.25) is 0 Å². The lowest BCUT2D eigenvalue weighted by molar-refractivity contribution is -0.137. The molecule has 0 rings (SSSR count). The highest BCUT2D eigenvalue weighted by atomic mass is 16.4. The van der Waals surface area contributed by atoms with Crippen LogP contribution in [-0.2, 0) is 4.79 Å². The van der Waals surface area contributed by atoms with Crippen LogP contribution in [0.5, 0.6) is 0 Å². The monoisotopic (exact) mass is 133 g/mol. The summed E-state index contributed by atoms with van der Waals surface area (Å²) >= 11 is 0. The molecular formula is C5H11NO3. The van der Waals surface area contributed by atoms with Gasteiger partial charge in [0.05, 0.1) is 0 Å². The van der Waals surface area contributed by atoms with E-state index >= 15 is 0 Å². The van der Waals surface area contributed by atoms with Gasteiger partial charge in [-0.2, -0.15) is 0 Å². The Balaban J connectivity index is 3.01. The summed E-state index contributed by atoms with van der Waals surface area (Å²) in [7, 11) is 0. The van der Waals surface area contributed by atoms with Crippen LogP contribution in [0.25, 0.3) is 0 Å². The molecule has 0 aliphatic rings. The molecule has 0 bridgehead atoms. The van der Waals surface area contributed by atoms with Gasteiger partial charge in [0.15, 0.2) is 0 Å². The minimum absolute atomic E-state index is 0.0776. The van der Waals surface area contributed by atoms with Crippen molar-refractivity contribution in [3.8, 4) is 0 Å². The van der Waals surface area contributed by atoms with Gasteiger partial charge in [-0.25, -0.2) is 0 Å². The standard InChI is InChI=1S/C5H11NO3/c6-4(7)2-1-3-5(8)9/h4,7H,1-3,6H2,(H,8,9). The van der Waals surface area contributed by atoms with Crippen molar-refractivity contribution >= 4 is 5.97 Å². The van der Waals surface area contributed by atoms with Crippen LogP contribution in [0.2, 0.25) is 0 Å². The maximum atomic E-state index is 9.86. The molecule has 0 aromatic carbocycles. The third-order valence-corrected chi connectivity index (χ3v) is 0.891. The van der Waals surface area contributed by atoms with E-state index in [4.69, 9.17) is 15.9 Å². The van der Waals surface area contributed by atoms with Crippen molar-refractivity contribution in [1.29, 1.82) is 0 Å². The second kappa shape index (κ2) is 4.29. The fourth-order valence-corrected chi connectivity index (χ4v) is 0.462. The number of carboxylic acid groups (broad SMARTS) is 1. The number of aliphatic carboxylic acids is 1. The molecule has 4 N–H and O–H groups in total. The highest BCUT2D eigenvalue weighted by Crippen LogP contribution is 1.95. The van der Waals surface area contributed by atoms with Crippen molar-refractivity contribution < 1.29 is 15.0 Å². The molecular weight excluding hydrogens is 122 g/mol. The number of carbonyl (C=O) groups is 1. The van der Waals surface area contributed by atoms with Gasteiger partial charge >= 0.3 is 5.97 Å². The van der Waals surface area contributed by atoms with E-state index in [0.717, 1.165) is 0 Å². The highest BCUT2D eigenvalue weighted by molar-refractivity contribution is 5.66. The lowest BCUT2D eigenvalue weighted by Crippen LogP contribution is -2.18. The predicted molar refractivity (Wildman–Crippen MR) is 31.7 cm³/mol. The first-order valence-electron chi connectivity index (χ1n) is 2.78. The van der Waals surface area contributed by atoms with Crippen molar-refractivity contribution in [2.75, 3.05) is 0 Å². The second-order valence-corrected chi connectivity index (χ2v) is 1.85. The summed E-state index contributed by atoms with van der Waals surface area (Å²) in [6, 6.07) is 0. The summed E-state index contributed by atoms with van der Waals surface area (Å²) in [4.78, 5) is 9.86. The highest BCUT2D eigenvalue weighted by Gasteiger charge is 1.98. The van der Waals surface area contributed by atoms with Crippen LogP contribution in [0.15, 0.2) is 0 Å². The Morgan fingerprint density at radius 1 is 1.67 bits per heavy atom. The van der Waals surface area contributed by atoms with E-state index in [-0.39, 0.29) is 6.42 Å². The average molecular weight is 133 g/mol. The summed E-state index contributed by atoms with van der Waals surface area (Å²) in [6.45, 7) is 0. The maximum absolute atomic E-state index is 9.86. The summed E-state index contributed by atoms with van der Waals surface area (Å²) in [5.74, 6) is -0.851. The molecule has 0 saturated carbocycles. The summed E-state index contributed by atoms with van der Waals surface area (Å²) in [5, 5.41) is 16.6. The number of hydrogen-bond acceptors (Lipinski definition) is 3. The van der Waals surface area contributed by atoms with Crippen LogP contribution in [0.1, 0.15) is 19.3 Å². The Kier molecular flexibility index (Phi) is 4.00. The quantitative estimate of drug-likeness (QED) is 0.452. The van der Waals surface area contributed by atoms with Crippen molar-refractivity contribution in [3.63, 3.8) is 0 Å². The molecule has 0 saturated heterocycles. The smallest absolute Gasteiger partial charge is 0.303 e. The van der Waals surface area contributed by atoms with E-state index < -0.39 is 12.2 Å². The van der Waals surface area contributed by atoms with Crippen LogP contribution in [-0.4, -0.2) is 22.4 Å². The van der Waals surface area contributed by atoms with Gasteiger partial charge in [-0.3, -0.25) is 4.79 Å². The predicted octanol–water partition coefficient (Wildman–Crippen LogP) is -0.482. The Bertz CT molecular complexity index is 92.2. The zero-order valence-corrected chi connectivity index (χ0v) is 5.08. The molecule has 1 unspecified atom stereocenters. The largest absolute Gasteiger partial charge is 0.481 e. The molecule has 0 radical (unpaired) electrons. The number of aliphatic hydroxyl groups excluding tert-OH is 1. The van der Waals surface area contributed by atoms with E-state index in [1.165, 1.54) is 0 Å². The van der Waals surface area contributed by atoms with Gasteiger partial charge in [0.1, 0.15) is 6.23 Å². The second-order valence-electron chi connectivity index (χ2n) is 1.85. The number of aliphatic hydroxyl groups is 1. The summed E-state index contributed by atoms with van der Waals surface area (Å²) in [5.41, 5.74) is 4.94. The molecule has 1 atom stereocenters. The van der Waals surface area contributed by atoms with Gasteiger partial charge in [-0.05, 0) is 12.8 Å². The molecule has 4 heteroatoms. The minimum Gasteiger partial charge on any atom is -0.481 e. The lowest BCUT2D eigenvalue weighted by Gasteiger charge is -1.99. The molecule has 54 valence electrons. The Labute approximate surface area is 53.3 Å². The van der Waals surface area contributed by atoms with Gasteiger partial charge in [-0.1, -0.05) is 0 Å². The van der Waals surface area contributed by atoms with Gasteiger partial charge in [0, 0.05) is 6.42 Å². The van der Waals surface area contributed by atoms with Crippen molar-refractivity contribution in [2.45, 2.75) is 25.5 Å². The topological polar surface area (TPSA) is 83.5 Å². The van der Waals surface area contributed by atoms with Crippen molar-refractivity contribution in [1.82, 2.24) is 0 Å². The Hall–Kier alpha value is -0.610. The Morgan fingerprint density at radius 2 is 2.22 bits per heavy atom. The summed E-state index contributed by atoms with van der Waals surface area (Å²) in [6.07, 6.45) is -0.00236. The van der Waals surface area contributed by atoms with Crippen LogP contribution in [0.4, 0.5) is 0 Å². The fourth-order valence-electron chi connectivity index (χ4n) is 0.462. The van der Waals surface area contributed by atoms with Crippen LogP contribution >= 0.6 is 0 Å². The Morgan fingerprint density at radius 3 is 2.56 bits per heavy atom. The molecule has 9 heavy (non-hydrogen) atoms. The molecule has 4 nitrogen and oxygen atoms in total. The first kappa shape index (κ1) is 8.39.